The molecule has 1 saturated heterocycles. The van der Waals surface area contributed by atoms with Gasteiger partial charge in [-0.05, 0) is 30.7 Å². The third-order valence-corrected chi connectivity index (χ3v) is 4.73. The summed E-state index contributed by atoms with van der Waals surface area (Å²) >= 11 is 6.36. The van der Waals surface area contributed by atoms with Gasteiger partial charge in [0.05, 0.1) is 25.7 Å². The van der Waals surface area contributed by atoms with Crippen LogP contribution in [0.5, 0.6) is 11.5 Å². The van der Waals surface area contributed by atoms with Gasteiger partial charge in [0.25, 0.3) is 5.91 Å². The van der Waals surface area contributed by atoms with Crippen LogP contribution in [0, 0.1) is 0 Å². The van der Waals surface area contributed by atoms with Crippen LogP contribution in [0.25, 0.3) is 6.08 Å². The first-order valence-corrected chi connectivity index (χ1v) is 8.85. The summed E-state index contributed by atoms with van der Waals surface area (Å²) in [7, 11) is 3.11. The van der Waals surface area contributed by atoms with Gasteiger partial charge >= 0.3 is 5.97 Å². The minimum absolute atomic E-state index is 0.183. The zero-order valence-electron chi connectivity index (χ0n) is 14.2. The maximum Gasteiger partial charge on any atom is 0.326 e. The summed E-state index contributed by atoms with van der Waals surface area (Å²) in [6.45, 7) is 2.04. The SMILES string of the molecule is CCCOC(=O)CN1C(=O)C(=Cc2cc(OC)ccc2OC)SC1=S. The van der Waals surface area contributed by atoms with Gasteiger partial charge in [0.2, 0.25) is 0 Å². The molecule has 0 unspecified atom stereocenters. The molecule has 0 radical (unpaired) electrons. The fourth-order valence-electron chi connectivity index (χ4n) is 2.12. The largest absolute Gasteiger partial charge is 0.497 e. The molecule has 0 aliphatic carbocycles. The number of carbonyl (C=O) groups excluding carboxylic acids is 2. The van der Waals surface area contributed by atoms with Gasteiger partial charge in [0.1, 0.15) is 22.4 Å². The first-order valence-electron chi connectivity index (χ1n) is 7.63. The van der Waals surface area contributed by atoms with E-state index in [0.29, 0.717) is 32.9 Å². The summed E-state index contributed by atoms with van der Waals surface area (Å²) in [5.74, 6) is 0.450. The zero-order valence-corrected chi connectivity index (χ0v) is 15.9. The number of thiocarbonyl (C=S) groups is 1. The molecule has 25 heavy (non-hydrogen) atoms. The molecule has 1 fully saturated rings. The summed E-state index contributed by atoms with van der Waals surface area (Å²) in [4.78, 5) is 26.0. The molecule has 1 aliphatic heterocycles. The maximum atomic E-state index is 12.6. The summed E-state index contributed by atoms with van der Waals surface area (Å²) in [6, 6.07) is 5.29. The predicted octanol–water partition coefficient (Wildman–Crippen LogP) is 2.86. The van der Waals surface area contributed by atoms with E-state index in [1.807, 2.05) is 6.92 Å². The van der Waals surface area contributed by atoms with Crippen LogP contribution in [0.3, 0.4) is 0 Å². The van der Waals surface area contributed by atoms with E-state index in [1.54, 1.807) is 38.5 Å². The lowest BCUT2D eigenvalue weighted by molar-refractivity contribution is -0.146. The highest BCUT2D eigenvalue weighted by Gasteiger charge is 2.34. The molecular weight excluding hydrogens is 362 g/mol. The highest BCUT2D eigenvalue weighted by molar-refractivity contribution is 8.26. The molecule has 0 bridgehead atoms. The average Bonchev–Trinajstić information content (AvgIpc) is 2.87. The molecular formula is C17H19NO5S2. The standard InChI is InChI=1S/C17H19NO5S2/c1-4-7-23-15(19)10-18-16(20)14(25-17(18)24)9-11-8-12(21-2)5-6-13(11)22-3/h5-6,8-9H,4,7,10H2,1-3H3. The Morgan fingerprint density at radius 1 is 1.32 bits per heavy atom. The monoisotopic (exact) mass is 381 g/mol. The van der Waals surface area contributed by atoms with Crippen molar-refractivity contribution in [3.63, 3.8) is 0 Å². The van der Waals surface area contributed by atoms with Crippen molar-refractivity contribution >= 4 is 46.3 Å². The molecule has 0 spiro atoms. The third-order valence-electron chi connectivity index (χ3n) is 3.35. The number of hydrogen-bond acceptors (Lipinski definition) is 7. The van der Waals surface area contributed by atoms with E-state index in [0.717, 1.165) is 18.2 Å². The van der Waals surface area contributed by atoms with E-state index in [-0.39, 0.29) is 12.5 Å². The first-order chi connectivity index (χ1) is 12.0. The number of ether oxygens (including phenoxy) is 3. The molecule has 1 amide bonds. The van der Waals surface area contributed by atoms with Crippen LogP contribution in [0.2, 0.25) is 0 Å². The molecule has 2 rings (SSSR count). The normalized spacial score (nSPS) is 15.6. The van der Waals surface area contributed by atoms with Crippen LogP contribution in [0.15, 0.2) is 23.1 Å². The average molecular weight is 381 g/mol. The fraction of sp³-hybridized carbons (Fsp3) is 0.353. The molecule has 0 N–H and O–H groups in total. The van der Waals surface area contributed by atoms with Crippen LogP contribution >= 0.6 is 24.0 Å². The van der Waals surface area contributed by atoms with Crippen LogP contribution < -0.4 is 9.47 Å². The highest BCUT2D eigenvalue weighted by Crippen LogP contribution is 2.35. The predicted molar refractivity (Wildman–Crippen MR) is 101 cm³/mol. The second-order valence-corrected chi connectivity index (χ2v) is 6.77. The molecule has 1 heterocycles. The Kier molecular flexibility index (Phi) is 6.83. The first kappa shape index (κ1) is 19.3. The molecule has 134 valence electrons. The lowest BCUT2D eigenvalue weighted by Crippen LogP contribution is -2.34. The van der Waals surface area contributed by atoms with E-state index in [4.69, 9.17) is 26.4 Å². The second kappa shape index (κ2) is 8.87. The number of carbonyl (C=O) groups is 2. The van der Waals surface area contributed by atoms with E-state index < -0.39 is 5.97 Å². The van der Waals surface area contributed by atoms with Gasteiger partial charge in [-0.15, -0.1) is 0 Å². The van der Waals surface area contributed by atoms with Gasteiger partial charge in [0.15, 0.2) is 0 Å². The Balaban J connectivity index is 2.21. The van der Waals surface area contributed by atoms with Crippen molar-refractivity contribution in [3.05, 3.63) is 28.7 Å². The second-order valence-electron chi connectivity index (χ2n) is 5.10. The Morgan fingerprint density at radius 2 is 2.08 bits per heavy atom. The van der Waals surface area contributed by atoms with Crippen molar-refractivity contribution in [2.24, 2.45) is 0 Å². The number of hydrogen-bond donors (Lipinski definition) is 0. The van der Waals surface area contributed by atoms with Crippen molar-refractivity contribution in [2.75, 3.05) is 27.4 Å². The number of esters is 1. The zero-order chi connectivity index (χ0) is 18.4. The number of thioether (sulfide) groups is 1. The van der Waals surface area contributed by atoms with Gasteiger partial charge < -0.3 is 14.2 Å². The molecule has 1 aromatic rings. The molecule has 8 heteroatoms. The summed E-state index contributed by atoms with van der Waals surface area (Å²) in [6.07, 6.45) is 2.40. The minimum Gasteiger partial charge on any atom is -0.497 e. The van der Waals surface area contributed by atoms with Gasteiger partial charge in [0, 0.05) is 5.56 Å². The Hall–Kier alpha value is -2.06. The topological polar surface area (TPSA) is 65.1 Å². The number of nitrogens with zero attached hydrogens (tertiary/aromatic N) is 1. The number of benzene rings is 1. The fourth-order valence-corrected chi connectivity index (χ4v) is 3.37. The smallest absolute Gasteiger partial charge is 0.326 e. The molecule has 0 saturated carbocycles. The van der Waals surface area contributed by atoms with Crippen molar-refractivity contribution < 1.29 is 23.8 Å². The Morgan fingerprint density at radius 3 is 2.72 bits per heavy atom. The van der Waals surface area contributed by atoms with E-state index in [1.165, 1.54) is 4.90 Å². The van der Waals surface area contributed by atoms with Gasteiger partial charge in [-0.25, -0.2) is 0 Å². The Bertz CT molecular complexity index is 717. The van der Waals surface area contributed by atoms with Gasteiger partial charge in [-0.1, -0.05) is 30.9 Å². The van der Waals surface area contributed by atoms with Crippen molar-refractivity contribution in [3.8, 4) is 11.5 Å². The Labute approximate surface area is 156 Å². The number of amides is 1. The molecule has 1 aromatic carbocycles. The number of methoxy groups -OCH3 is 2. The molecule has 6 nitrogen and oxygen atoms in total. The minimum atomic E-state index is -0.474. The molecule has 1 aliphatic rings. The van der Waals surface area contributed by atoms with Crippen molar-refractivity contribution in [2.45, 2.75) is 13.3 Å². The van der Waals surface area contributed by atoms with Crippen LogP contribution in [0.4, 0.5) is 0 Å². The lowest BCUT2D eigenvalue weighted by Gasteiger charge is -2.13. The summed E-state index contributed by atoms with van der Waals surface area (Å²) in [5, 5.41) is 0. The summed E-state index contributed by atoms with van der Waals surface area (Å²) < 4.78 is 15.9. The molecule has 0 atom stereocenters. The van der Waals surface area contributed by atoms with Gasteiger partial charge in [-0.3, -0.25) is 14.5 Å². The van der Waals surface area contributed by atoms with E-state index >= 15 is 0 Å². The van der Waals surface area contributed by atoms with Crippen LogP contribution in [-0.2, 0) is 14.3 Å². The lowest BCUT2D eigenvalue weighted by atomic mass is 10.1. The third kappa shape index (κ3) is 4.73. The van der Waals surface area contributed by atoms with E-state index in [9.17, 15) is 9.59 Å². The summed E-state index contributed by atoms with van der Waals surface area (Å²) in [5.41, 5.74) is 0.691. The number of rotatable bonds is 7. The van der Waals surface area contributed by atoms with Crippen molar-refractivity contribution in [1.82, 2.24) is 4.90 Å². The van der Waals surface area contributed by atoms with E-state index in [2.05, 4.69) is 0 Å². The molecule has 0 aromatic heterocycles. The van der Waals surface area contributed by atoms with Crippen molar-refractivity contribution in [1.29, 1.82) is 0 Å². The quantitative estimate of drug-likeness (QED) is 0.409. The van der Waals surface area contributed by atoms with Gasteiger partial charge in [-0.2, -0.15) is 0 Å². The maximum absolute atomic E-state index is 12.6. The highest BCUT2D eigenvalue weighted by atomic mass is 32.2. The van der Waals surface area contributed by atoms with Crippen LogP contribution in [0.1, 0.15) is 18.9 Å². The van der Waals surface area contributed by atoms with Crippen LogP contribution in [-0.4, -0.2) is 48.5 Å².